The van der Waals surface area contributed by atoms with Gasteiger partial charge in [-0.05, 0) is 27.7 Å². The smallest absolute Gasteiger partial charge is 0.542 e. The van der Waals surface area contributed by atoms with Gasteiger partial charge in [-0.3, -0.25) is 38.4 Å². The van der Waals surface area contributed by atoms with Gasteiger partial charge in [0.1, 0.15) is 47.0 Å². The van der Waals surface area contributed by atoms with E-state index in [0.717, 1.165) is 27.7 Å². The summed E-state index contributed by atoms with van der Waals surface area (Å²) in [6.07, 6.45) is -2.27. The number of hydrogen-bond acceptors (Lipinski definition) is 16. The average Bonchev–Trinajstić information content (AvgIpc) is 2.67. The predicted molar refractivity (Wildman–Crippen MR) is 101 cm³/mol. The van der Waals surface area contributed by atoms with Crippen LogP contribution in [-0.4, -0.2) is 70.1 Å². The van der Waals surface area contributed by atoms with E-state index in [1.165, 1.54) is 0 Å². The van der Waals surface area contributed by atoms with Crippen molar-refractivity contribution >= 4 is 70.1 Å². The molecule has 0 amide bonds. The normalized spacial score (nSPS) is 8.32. The van der Waals surface area contributed by atoms with E-state index in [-0.39, 0.29) is 19.5 Å². The molecule has 0 aromatic rings. The van der Waals surface area contributed by atoms with Crippen LogP contribution in [0.25, 0.3) is 0 Å². The number of Topliss-reactive ketones (excluding diaryl/α,β-unsaturated/α-hetero) is 8. The van der Waals surface area contributed by atoms with Gasteiger partial charge in [-0.2, -0.15) is 0 Å². The van der Waals surface area contributed by atoms with Crippen LogP contribution in [0.1, 0.15) is 53.4 Å². The van der Waals surface area contributed by atoms with Crippen molar-refractivity contribution in [2.75, 3.05) is 0 Å². The Balaban J connectivity index is -0.000000122. The van der Waals surface area contributed by atoms with Crippen molar-refractivity contribution in [1.82, 2.24) is 0 Å². The van der Waals surface area contributed by atoms with Crippen LogP contribution in [0.5, 0.6) is 0 Å². The van der Waals surface area contributed by atoms with Gasteiger partial charge < -0.3 is 39.6 Å². The Morgan fingerprint density at radius 3 is 0.486 bits per heavy atom. The van der Waals surface area contributed by atoms with Gasteiger partial charge in [0.25, 0.3) is 0 Å². The van der Waals surface area contributed by atoms with Crippen LogP contribution in [0, 0.1) is 0 Å². The Morgan fingerprint density at radius 2 is 0.459 bits per heavy atom. The van der Waals surface area contributed by atoms with Crippen molar-refractivity contribution < 1.29 is 97.4 Å². The summed E-state index contributed by atoms with van der Waals surface area (Å²) >= 11 is 0. The number of carboxylic acids is 4. The third-order valence-corrected chi connectivity index (χ3v) is 2.55. The maximum atomic E-state index is 10.1. The van der Waals surface area contributed by atoms with Crippen LogP contribution in [0.3, 0.4) is 0 Å². The monoisotopic (exact) mass is 618 g/mol. The summed E-state index contributed by atoms with van der Waals surface area (Å²) in [4.78, 5) is 119. The average molecular weight is 617 g/mol. The first-order chi connectivity index (χ1) is 16.1. The van der Waals surface area contributed by atoms with Crippen molar-refractivity contribution in [3.05, 3.63) is 0 Å². The molecule has 204 valence electrons. The number of aliphatic carboxylic acids is 4. The van der Waals surface area contributed by atoms with Gasteiger partial charge in [0.15, 0.2) is 23.1 Å². The Kier molecular flexibility index (Phi) is 27.4. The van der Waals surface area contributed by atoms with Crippen LogP contribution in [-0.2, 0) is 77.0 Å². The second-order valence-electron chi connectivity index (χ2n) is 6.36. The standard InChI is InChI=1S/4C5H6O4.Ru/c4*1-3(6)2-4(7)5(8)9;/h4*2H2,1H3,(H,8,9);/q;;;;+4/p-4. The molecule has 16 nitrogen and oxygen atoms in total. The summed E-state index contributed by atoms with van der Waals surface area (Å²) in [6, 6.07) is 0. The maximum Gasteiger partial charge on any atom is 4.00 e. The maximum absolute atomic E-state index is 10.1. The number of hydrogen-bond donors (Lipinski definition) is 0. The zero-order valence-electron chi connectivity index (χ0n) is 19.7. The molecule has 17 heteroatoms. The minimum atomic E-state index is -1.80. The summed E-state index contributed by atoms with van der Waals surface area (Å²) < 4.78 is 0. The molecular formula is C20H20O16Ru. The summed E-state index contributed by atoms with van der Waals surface area (Å²) in [5.74, 6) is -13.7. The molecule has 0 saturated carbocycles. The quantitative estimate of drug-likeness (QED) is 0.112. The van der Waals surface area contributed by atoms with Crippen molar-refractivity contribution in [3.8, 4) is 0 Å². The SMILES string of the molecule is CC(=O)CC(=O)C(=O)[O-].CC(=O)CC(=O)C(=O)[O-].CC(=O)CC(=O)C(=O)[O-].CC(=O)CC(=O)C(=O)[O-].[Ru+4]. The molecule has 0 N–H and O–H groups in total. The molecule has 37 heavy (non-hydrogen) atoms. The first kappa shape index (κ1) is 43.0. The number of carboxylic acid groups (broad SMARTS) is 4. The van der Waals surface area contributed by atoms with E-state index in [9.17, 15) is 78.0 Å². The van der Waals surface area contributed by atoms with Gasteiger partial charge in [0.05, 0.1) is 25.7 Å². The summed E-state index contributed by atoms with van der Waals surface area (Å²) in [7, 11) is 0. The molecular weight excluding hydrogens is 597 g/mol. The molecule has 0 aliphatic heterocycles. The molecule has 0 aromatic carbocycles. The first-order valence-electron chi connectivity index (χ1n) is 9.09. The van der Waals surface area contributed by atoms with Gasteiger partial charge in [-0.15, -0.1) is 0 Å². The molecule has 0 atom stereocenters. The second kappa shape index (κ2) is 23.6. The van der Waals surface area contributed by atoms with Crippen molar-refractivity contribution in [3.63, 3.8) is 0 Å². The number of carbonyl (C=O) groups is 12. The number of rotatable bonds is 12. The van der Waals surface area contributed by atoms with Crippen LogP contribution in [0.2, 0.25) is 0 Å². The fourth-order valence-electron chi connectivity index (χ4n) is 1.19. The summed E-state index contributed by atoms with van der Waals surface area (Å²) in [5, 5.41) is 38.5. The number of ketones is 8. The molecule has 0 radical (unpaired) electrons. The molecule has 0 fully saturated rings. The molecule has 0 aliphatic carbocycles. The van der Waals surface area contributed by atoms with E-state index in [2.05, 4.69) is 0 Å². The largest absolute Gasteiger partial charge is 4.00 e. The Hall–Kier alpha value is -4.14. The van der Waals surface area contributed by atoms with Crippen LogP contribution < -0.4 is 20.4 Å². The zero-order chi connectivity index (χ0) is 29.8. The molecule has 0 bridgehead atoms. The van der Waals surface area contributed by atoms with Crippen molar-refractivity contribution in [1.29, 1.82) is 0 Å². The zero-order valence-corrected chi connectivity index (χ0v) is 21.5. The van der Waals surface area contributed by atoms with E-state index in [1.807, 2.05) is 0 Å². The number of carbonyl (C=O) groups excluding carboxylic acids is 12. The van der Waals surface area contributed by atoms with E-state index in [1.54, 1.807) is 0 Å². The van der Waals surface area contributed by atoms with Crippen LogP contribution in [0.4, 0.5) is 0 Å². The van der Waals surface area contributed by atoms with Crippen molar-refractivity contribution in [2.24, 2.45) is 0 Å². The molecule has 0 aromatic heterocycles. The van der Waals surface area contributed by atoms with Crippen LogP contribution >= 0.6 is 0 Å². The minimum absolute atomic E-state index is 0. The molecule has 0 spiro atoms. The topological polar surface area (TPSA) is 297 Å². The Labute approximate surface area is 221 Å². The van der Waals surface area contributed by atoms with Crippen molar-refractivity contribution in [2.45, 2.75) is 53.4 Å². The molecule has 0 heterocycles. The third kappa shape index (κ3) is 36.6. The fraction of sp³-hybridized carbons (Fsp3) is 0.400. The fourth-order valence-corrected chi connectivity index (χ4v) is 1.19. The third-order valence-electron chi connectivity index (χ3n) is 2.55. The minimum Gasteiger partial charge on any atom is -0.542 e. The van der Waals surface area contributed by atoms with Gasteiger partial charge in [0, 0.05) is 0 Å². The van der Waals surface area contributed by atoms with E-state index < -0.39 is 95.8 Å². The second-order valence-corrected chi connectivity index (χ2v) is 6.36. The van der Waals surface area contributed by atoms with Crippen LogP contribution in [0.15, 0.2) is 0 Å². The molecule has 0 rings (SSSR count). The van der Waals surface area contributed by atoms with Gasteiger partial charge >= 0.3 is 19.5 Å². The predicted octanol–water partition coefficient (Wildman–Crippen LogP) is -6.86. The molecule has 0 unspecified atom stereocenters. The molecule has 0 aliphatic rings. The van der Waals surface area contributed by atoms with E-state index in [4.69, 9.17) is 0 Å². The summed E-state index contributed by atoms with van der Waals surface area (Å²) in [6.45, 7) is 4.56. The first-order valence-corrected chi connectivity index (χ1v) is 9.09. The van der Waals surface area contributed by atoms with Gasteiger partial charge in [-0.1, -0.05) is 0 Å². The van der Waals surface area contributed by atoms with Gasteiger partial charge in [-0.25, -0.2) is 0 Å². The Morgan fingerprint density at radius 1 is 0.351 bits per heavy atom. The molecule has 0 saturated heterocycles. The summed E-state index contributed by atoms with van der Waals surface area (Å²) in [5.41, 5.74) is 0. The Bertz CT molecular complexity index is 792. The van der Waals surface area contributed by atoms with E-state index in [0.29, 0.717) is 0 Å². The van der Waals surface area contributed by atoms with Gasteiger partial charge in [0.2, 0.25) is 0 Å². The van der Waals surface area contributed by atoms with E-state index >= 15 is 0 Å².